The summed E-state index contributed by atoms with van der Waals surface area (Å²) < 4.78 is 81.1. The van der Waals surface area contributed by atoms with Crippen LogP contribution in [0, 0.1) is 18.3 Å². The highest BCUT2D eigenvalue weighted by atomic mass is 32.1. The lowest BCUT2D eigenvalue weighted by Crippen LogP contribution is -2.64. The molecule has 1 aromatic carbocycles. The standard InChI is InChI=1S/C27H36F5O2S/c1-2-3-4-5-6-7-16-26(31)22(28)17-27(32,24(30)23(26)29)19-10-8-18(9-11-19)25(33)34-20-12-14-21(35)15-13-20/h12-15,17-19,22-24,35H,2-11,16H2,1H3/t18-,19-,22?,23?,24?,26?,27?. The first-order valence-corrected chi connectivity index (χ1v) is 13.2. The van der Waals surface area contributed by atoms with Crippen molar-refractivity contribution in [2.45, 2.75) is 112 Å². The molecular formula is C27H36F5O2S. The van der Waals surface area contributed by atoms with Gasteiger partial charge < -0.3 is 4.74 Å². The summed E-state index contributed by atoms with van der Waals surface area (Å²) in [6.45, 7) is 2.06. The lowest BCUT2D eigenvalue weighted by molar-refractivity contribution is -0.150. The molecule has 0 aromatic heterocycles. The van der Waals surface area contributed by atoms with Crippen LogP contribution in [0.5, 0.6) is 5.75 Å². The number of hydrogen-bond acceptors (Lipinski definition) is 3. The first kappa shape index (κ1) is 28.3. The molecule has 2 fully saturated rings. The molecule has 2 aliphatic rings. The van der Waals surface area contributed by atoms with Crippen LogP contribution < -0.4 is 4.74 Å². The molecule has 2 saturated carbocycles. The number of thiol groups is 1. The molecule has 5 unspecified atom stereocenters. The number of esters is 1. The summed E-state index contributed by atoms with van der Waals surface area (Å²) in [7, 11) is 0. The van der Waals surface area contributed by atoms with E-state index >= 15 is 13.2 Å². The number of alkyl halides is 5. The number of rotatable bonds is 10. The minimum atomic E-state index is -3.05. The van der Waals surface area contributed by atoms with Gasteiger partial charge in [-0.05, 0) is 62.3 Å². The lowest BCUT2D eigenvalue weighted by Gasteiger charge is -2.48. The zero-order valence-electron chi connectivity index (χ0n) is 20.2. The summed E-state index contributed by atoms with van der Waals surface area (Å²) in [6.07, 6.45) is -3.05. The Morgan fingerprint density at radius 3 is 2.17 bits per heavy atom. The molecule has 3 rings (SSSR count). The molecule has 5 atom stereocenters. The van der Waals surface area contributed by atoms with Gasteiger partial charge in [0.25, 0.3) is 0 Å². The average Bonchev–Trinajstić information content (AvgIpc) is 2.85. The van der Waals surface area contributed by atoms with Crippen molar-refractivity contribution in [2.75, 3.05) is 0 Å². The lowest BCUT2D eigenvalue weighted by atomic mass is 9.63. The predicted molar refractivity (Wildman–Crippen MR) is 129 cm³/mol. The van der Waals surface area contributed by atoms with Gasteiger partial charge in [0.15, 0.2) is 23.7 Å². The molecule has 1 aromatic rings. The third kappa shape index (κ3) is 6.53. The maximum Gasteiger partial charge on any atom is 0.314 e. The second-order valence-corrected chi connectivity index (χ2v) is 10.6. The monoisotopic (exact) mass is 519 g/mol. The smallest absolute Gasteiger partial charge is 0.314 e. The number of unbranched alkanes of at least 4 members (excludes halogenated alkanes) is 5. The summed E-state index contributed by atoms with van der Waals surface area (Å²) in [5, 5.41) is 0. The van der Waals surface area contributed by atoms with Crippen LogP contribution in [0.15, 0.2) is 29.2 Å². The van der Waals surface area contributed by atoms with Crippen molar-refractivity contribution < 1.29 is 31.5 Å². The maximum absolute atomic E-state index is 15.7. The topological polar surface area (TPSA) is 26.3 Å². The molecule has 0 N–H and O–H groups in total. The first-order valence-electron chi connectivity index (χ1n) is 12.8. The van der Waals surface area contributed by atoms with Gasteiger partial charge in [-0.15, -0.1) is 12.6 Å². The minimum absolute atomic E-state index is 0.0545. The zero-order chi connectivity index (χ0) is 25.6. The molecule has 0 amide bonds. The van der Waals surface area contributed by atoms with E-state index in [0.29, 0.717) is 23.5 Å². The Bertz CT molecular complexity index is 816. The molecule has 0 heterocycles. The first-order chi connectivity index (χ1) is 16.6. The number of carbonyl (C=O) groups excluding carboxylic acids is 1. The van der Waals surface area contributed by atoms with E-state index in [1.54, 1.807) is 24.3 Å². The largest absolute Gasteiger partial charge is 0.426 e. The molecular weight excluding hydrogens is 483 g/mol. The molecule has 8 heteroatoms. The highest BCUT2D eigenvalue weighted by Gasteiger charge is 2.66. The van der Waals surface area contributed by atoms with Crippen molar-refractivity contribution in [1.82, 2.24) is 0 Å². The van der Waals surface area contributed by atoms with Crippen LogP contribution in [-0.2, 0) is 4.79 Å². The van der Waals surface area contributed by atoms with Gasteiger partial charge in [-0.3, -0.25) is 4.79 Å². The third-order valence-electron chi connectivity index (χ3n) is 7.65. The SMILES string of the molecule is CCCCCCCCC1(F)C(F)[CH]C(F)([C@H]2CC[C@H](C(=O)Oc3ccc(S)cc3)CC2)C(F)C1F. The van der Waals surface area contributed by atoms with Gasteiger partial charge >= 0.3 is 5.97 Å². The zero-order valence-corrected chi connectivity index (χ0v) is 21.1. The average molecular weight is 520 g/mol. The van der Waals surface area contributed by atoms with Crippen molar-refractivity contribution >= 4 is 18.6 Å². The number of hydrogen-bond donors (Lipinski definition) is 1. The van der Waals surface area contributed by atoms with Gasteiger partial charge in [0.2, 0.25) is 0 Å². The summed E-state index contributed by atoms with van der Waals surface area (Å²) in [5.74, 6) is -1.68. The van der Waals surface area contributed by atoms with Crippen molar-refractivity contribution in [3.63, 3.8) is 0 Å². The molecule has 197 valence electrons. The highest BCUT2D eigenvalue weighted by Crippen LogP contribution is 2.52. The van der Waals surface area contributed by atoms with E-state index in [4.69, 9.17) is 4.74 Å². The summed E-state index contributed by atoms with van der Waals surface area (Å²) >= 11 is 4.17. The minimum Gasteiger partial charge on any atom is -0.426 e. The van der Waals surface area contributed by atoms with Crippen LogP contribution in [-0.4, -0.2) is 35.8 Å². The Labute approximate surface area is 210 Å². The Balaban J connectivity index is 1.54. The van der Waals surface area contributed by atoms with Gasteiger partial charge in [-0.25, -0.2) is 22.0 Å². The normalized spacial score (nSPS) is 35.6. The van der Waals surface area contributed by atoms with Gasteiger partial charge in [-0.1, -0.05) is 45.4 Å². The Kier molecular flexibility index (Phi) is 9.92. The van der Waals surface area contributed by atoms with E-state index in [2.05, 4.69) is 19.6 Å². The molecule has 35 heavy (non-hydrogen) atoms. The van der Waals surface area contributed by atoms with E-state index in [-0.39, 0.29) is 32.1 Å². The molecule has 2 aliphatic carbocycles. The van der Waals surface area contributed by atoms with Crippen molar-refractivity contribution in [2.24, 2.45) is 11.8 Å². The summed E-state index contributed by atoms with van der Waals surface area (Å²) in [4.78, 5) is 13.2. The van der Waals surface area contributed by atoms with Crippen LogP contribution >= 0.6 is 12.6 Å². The van der Waals surface area contributed by atoms with Crippen molar-refractivity contribution in [1.29, 1.82) is 0 Å². The quantitative estimate of drug-likeness (QED) is 0.111. The molecule has 0 spiro atoms. The van der Waals surface area contributed by atoms with Crippen molar-refractivity contribution in [3.05, 3.63) is 30.7 Å². The Morgan fingerprint density at radius 2 is 1.54 bits per heavy atom. The highest BCUT2D eigenvalue weighted by molar-refractivity contribution is 7.80. The van der Waals surface area contributed by atoms with E-state index in [1.165, 1.54) is 0 Å². The maximum atomic E-state index is 15.7. The Morgan fingerprint density at radius 1 is 0.943 bits per heavy atom. The fourth-order valence-corrected chi connectivity index (χ4v) is 5.52. The Hall–Kier alpha value is -1.31. The molecule has 0 saturated heterocycles. The van der Waals surface area contributed by atoms with Crippen LogP contribution in [0.2, 0.25) is 0 Å². The van der Waals surface area contributed by atoms with E-state index in [1.807, 2.05) is 0 Å². The van der Waals surface area contributed by atoms with Crippen LogP contribution in [0.3, 0.4) is 0 Å². The van der Waals surface area contributed by atoms with Crippen LogP contribution in [0.1, 0.15) is 77.6 Å². The van der Waals surface area contributed by atoms with E-state index < -0.39 is 54.1 Å². The third-order valence-corrected chi connectivity index (χ3v) is 7.95. The van der Waals surface area contributed by atoms with Gasteiger partial charge in [0.1, 0.15) is 11.9 Å². The van der Waals surface area contributed by atoms with Crippen LogP contribution in [0.4, 0.5) is 22.0 Å². The van der Waals surface area contributed by atoms with Crippen molar-refractivity contribution in [3.8, 4) is 5.75 Å². The fraction of sp³-hybridized carbons (Fsp3) is 0.704. The number of halogens is 5. The predicted octanol–water partition coefficient (Wildman–Crippen LogP) is 8.09. The van der Waals surface area contributed by atoms with E-state index in [0.717, 1.165) is 25.7 Å². The van der Waals surface area contributed by atoms with Gasteiger partial charge in [0, 0.05) is 11.3 Å². The fourth-order valence-electron chi connectivity index (χ4n) is 5.37. The molecule has 1 radical (unpaired) electrons. The molecule has 2 nitrogen and oxygen atoms in total. The number of carbonyl (C=O) groups is 1. The van der Waals surface area contributed by atoms with E-state index in [9.17, 15) is 13.6 Å². The molecule has 0 aliphatic heterocycles. The second-order valence-electron chi connectivity index (χ2n) is 10.1. The number of benzene rings is 1. The van der Waals surface area contributed by atoms with Crippen LogP contribution in [0.25, 0.3) is 0 Å². The van der Waals surface area contributed by atoms with Gasteiger partial charge in [-0.2, -0.15) is 0 Å². The van der Waals surface area contributed by atoms with Gasteiger partial charge in [0.05, 0.1) is 5.92 Å². The second kappa shape index (κ2) is 12.3. The number of ether oxygens (including phenoxy) is 1. The summed E-state index contributed by atoms with van der Waals surface area (Å²) in [5.41, 5.74) is -5.96. The summed E-state index contributed by atoms with van der Waals surface area (Å²) in [6, 6.07) is 6.55. The molecule has 0 bridgehead atoms.